The minimum Gasteiger partial charge on any atom is -0.208 e. The van der Waals surface area contributed by atoms with E-state index in [1.54, 1.807) is 12.1 Å². The Labute approximate surface area is 132 Å². The van der Waals surface area contributed by atoms with Crippen molar-refractivity contribution in [3.63, 3.8) is 0 Å². The minimum absolute atomic E-state index is 0.0962. The van der Waals surface area contributed by atoms with Crippen molar-refractivity contribution in [2.24, 2.45) is 0 Å². The number of hydrogen-bond donors (Lipinski definition) is 1. The van der Waals surface area contributed by atoms with Crippen molar-refractivity contribution in [3.8, 4) is 0 Å². The fourth-order valence-corrected chi connectivity index (χ4v) is 5.16. The van der Waals surface area contributed by atoms with E-state index in [-0.39, 0.29) is 6.04 Å². The molecule has 0 aliphatic heterocycles. The van der Waals surface area contributed by atoms with E-state index in [1.807, 2.05) is 25.1 Å². The first-order chi connectivity index (χ1) is 9.47. The molecule has 20 heavy (non-hydrogen) atoms. The van der Waals surface area contributed by atoms with Crippen LogP contribution < -0.4 is 4.72 Å². The van der Waals surface area contributed by atoms with Gasteiger partial charge >= 0.3 is 0 Å². The number of aryl methyl sites for hydroxylation is 1. The molecule has 1 aromatic carbocycles. The average molecular weight is 374 g/mol. The van der Waals surface area contributed by atoms with E-state index in [0.717, 1.165) is 16.6 Å². The van der Waals surface area contributed by atoms with Gasteiger partial charge in [0.2, 0.25) is 10.0 Å². The van der Waals surface area contributed by atoms with Gasteiger partial charge in [0.05, 0.1) is 3.79 Å². The van der Waals surface area contributed by atoms with Gasteiger partial charge in [0, 0.05) is 6.04 Å². The fraction of sp³-hybridized carbons (Fsp3) is 0.286. The molecule has 2 aromatic rings. The van der Waals surface area contributed by atoms with Crippen molar-refractivity contribution < 1.29 is 8.42 Å². The van der Waals surface area contributed by atoms with Gasteiger partial charge in [-0.25, -0.2) is 13.1 Å². The number of benzene rings is 1. The van der Waals surface area contributed by atoms with Gasteiger partial charge in [0.25, 0.3) is 0 Å². The van der Waals surface area contributed by atoms with Crippen molar-refractivity contribution in [3.05, 3.63) is 51.8 Å². The summed E-state index contributed by atoms with van der Waals surface area (Å²) in [6.07, 6.45) is 1.63. The second-order valence-corrected chi connectivity index (χ2v) is 9.01. The highest BCUT2D eigenvalue weighted by Crippen LogP contribution is 2.26. The zero-order chi connectivity index (χ0) is 14.6. The summed E-state index contributed by atoms with van der Waals surface area (Å²) in [5, 5.41) is 0. The van der Waals surface area contributed by atoms with Crippen molar-refractivity contribution in [2.75, 3.05) is 0 Å². The lowest BCUT2D eigenvalue weighted by Gasteiger charge is -2.13. The van der Waals surface area contributed by atoms with Crippen LogP contribution in [0.1, 0.15) is 18.9 Å². The van der Waals surface area contributed by atoms with Crippen LogP contribution in [-0.4, -0.2) is 14.5 Å². The Kier molecular flexibility index (Phi) is 5.37. The summed E-state index contributed by atoms with van der Waals surface area (Å²) in [6.45, 7) is 1.89. The maximum atomic E-state index is 12.1. The van der Waals surface area contributed by atoms with Crippen molar-refractivity contribution in [1.29, 1.82) is 0 Å². The van der Waals surface area contributed by atoms with Crippen LogP contribution in [-0.2, 0) is 16.4 Å². The molecule has 0 radical (unpaired) electrons. The summed E-state index contributed by atoms with van der Waals surface area (Å²) in [6, 6.07) is 13.3. The van der Waals surface area contributed by atoms with Gasteiger partial charge in [0.15, 0.2) is 0 Å². The molecule has 0 saturated carbocycles. The molecule has 1 atom stereocenters. The third-order valence-corrected chi connectivity index (χ3v) is 6.58. The van der Waals surface area contributed by atoms with E-state index in [4.69, 9.17) is 0 Å². The van der Waals surface area contributed by atoms with Gasteiger partial charge < -0.3 is 0 Å². The second kappa shape index (κ2) is 6.85. The normalized spacial score (nSPS) is 13.3. The van der Waals surface area contributed by atoms with Crippen molar-refractivity contribution in [2.45, 2.75) is 30.0 Å². The Morgan fingerprint density at radius 3 is 2.50 bits per heavy atom. The highest BCUT2D eigenvalue weighted by atomic mass is 79.9. The molecular formula is C14H16BrNO2S2. The van der Waals surface area contributed by atoms with Crippen LogP contribution in [0.4, 0.5) is 0 Å². The van der Waals surface area contributed by atoms with Gasteiger partial charge in [0.1, 0.15) is 4.21 Å². The predicted molar refractivity (Wildman–Crippen MR) is 86.6 cm³/mol. The molecule has 0 saturated heterocycles. The summed E-state index contributed by atoms with van der Waals surface area (Å²) < 4.78 is 28.2. The first-order valence-corrected chi connectivity index (χ1v) is 9.38. The zero-order valence-corrected chi connectivity index (χ0v) is 14.3. The van der Waals surface area contributed by atoms with Gasteiger partial charge in [-0.1, -0.05) is 30.3 Å². The Morgan fingerprint density at radius 2 is 1.90 bits per heavy atom. The molecule has 108 valence electrons. The number of thiophene rings is 1. The monoisotopic (exact) mass is 373 g/mol. The predicted octanol–water partition coefficient (Wildman–Crippen LogP) is 3.81. The van der Waals surface area contributed by atoms with Crippen LogP contribution >= 0.6 is 27.3 Å². The van der Waals surface area contributed by atoms with Crippen LogP contribution in [0.3, 0.4) is 0 Å². The van der Waals surface area contributed by atoms with E-state index >= 15 is 0 Å². The third-order valence-electron chi connectivity index (χ3n) is 2.88. The van der Waals surface area contributed by atoms with Crippen LogP contribution in [0.25, 0.3) is 0 Å². The Balaban J connectivity index is 1.92. The van der Waals surface area contributed by atoms with E-state index < -0.39 is 10.0 Å². The zero-order valence-electron chi connectivity index (χ0n) is 11.0. The van der Waals surface area contributed by atoms with Crippen LogP contribution in [0.15, 0.2) is 50.5 Å². The van der Waals surface area contributed by atoms with Crippen molar-refractivity contribution >= 4 is 37.3 Å². The summed E-state index contributed by atoms with van der Waals surface area (Å²) in [5.74, 6) is 0. The molecule has 2 rings (SSSR count). The van der Waals surface area contributed by atoms with Crippen LogP contribution in [0.2, 0.25) is 0 Å². The number of nitrogens with one attached hydrogen (secondary N) is 1. The SMILES string of the molecule is C[C@H](CCc1ccccc1)NS(=O)(=O)c1ccc(Br)s1. The molecule has 0 amide bonds. The summed E-state index contributed by atoms with van der Waals surface area (Å²) >= 11 is 4.50. The van der Waals surface area contributed by atoms with Gasteiger partial charge in [-0.3, -0.25) is 0 Å². The van der Waals surface area contributed by atoms with E-state index in [0.29, 0.717) is 4.21 Å². The highest BCUT2D eigenvalue weighted by Gasteiger charge is 2.19. The number of halogens is 1. The maximum Gasteiger partial charge on any atom is 0.250 e. The number of hydrogen-bond acceptors (Lipinski definition) is 3. The van der Waals surface area contributed by atoms with Crippen molar-refractivity contribution in [1.82, 2.24) is 4.72 Å². The Hall–Kier alpha value is -0.690. The summed E-state index contributed by atoms with van der Waals surface area (Å²) in [4.78, 5) is 0. The molecule has 1 aromatic heterocycles. The number of rotatable bonds is 6. The molecule has 0 aliphatic carbocycles. The molecule has 0 fully saturated rings. The standard InChI is InChI=1S/C14H16BrNO2S2/c1-11(7-8-12-5-3-2-4-6-12)16-20(17,18)14-10-9-13(15)19-14/h2-6,9-11,16H,7-8H2,1H3/t11-/m1/s1. The molecular weight excluding hydrogens is 358 g/mol. The summed E-state index contributed by atoms with van der Waals surface area (Å²) in [7, 11) is -3.40. The van der Waals surface area contributed by atoms with Gasteiger partial charge in [-0.15, -0.1) is 11.3 Å². The topological polar surface area (TPSA) is 46.2 Å². The highest BCUT2D eigenvalue weighted by molar-refractivity contribution is 9.11. The molecule has 6 heteroatoms. The lowest BCUT2D eigenvalue weighted by atomic mass is 10.1. The van der Waals surface area contributed by atoms with Crippen LogP contribution in [0.5, 0.6) is 0 Å². The van der Waals surface area contributed by atoms with Crippen LogP contribution in [0, 0.1) is 0 Å². The average Bonchev–Trinajstić information content (AvgIpc) is 2.85. The Bertz CT molecular complexity index is 653. The molecule has 3 nitrogen and oxygen atoms in total. The Morgan fingerprint density at radius 1 is 1.20 bits per heavy atom. The molecule has 1 N–H and O–H groups in total. The second-order valence-electron chi connectivity index (χ2n) is 4.61. The molecule has 0 aliphatic rings. The van der Waals surface area contributed by atoms with Gasteiger partial charge in [-0.2, -0.15) is 0 Å². The lowest BCUT2D eigenvalue weighted by Crippen LogP contribution is -2.32. The quantitative estimate of drug-likeness (QED) is 0.836. The van der Waals surface area contributed by atoms with E-state index in [1.165, 1.54) is 16.9 Å². The maximum absolute atomic E-state index is 12.1. The third kappa shape index (κ3) is 4.41. The van der Waals surface area contributed by atoms with Gasteiger partial charge in [-0.05, 0) is 53.4 Å². The van der Waals surface area contributed by atoms with E-state index in [9.17, 15) is 8.42 Å². The molecule has 0 spiro atoms. The first kappa shape index (κ1) is 15.7. The number of sulfonamides is 1. The molecule has 0 unspecified atom stereocenters. The molecule has 0 bridgehead atoms. The largest absolute Gasteiger partial charge is 0.250 e. The smallest absolute Gasteiger partial charge is 0.208 e. The first-order valence-electron chi connectivity index (χ1n) is 6.29. The fourth-order valence-electron chi connectivity index (χ4n) is 1.85. The summed E-state index contributed by atoms with van der Waals surface area (Å²) in [5.41, 5.74) is 1.22. The van der Waals surface area contributed by atoms with E-state index in [2.05, 4.69) is 32.8 Å². The lowest BCUT2D eigenvalue weighted by molar-refractivity contribution is 0.548. The molecule has 1 heterocycles. The minimum atomic E-state index is -3.40.